The Hall–Kier alpha value is -1.39. The average Bonchev–Trinajstić information content (AvgIpc) is 2.29. The number of rotatable bonds is 5. The fraction of sp³-hybridized carbons (Fsp3) is 0.417. The zero-order valence-electron chi connectivity index (χ0n) is 9.34. The molecule has 4 heteroatoms. The molecule has 4 nitrogen and oxygen atoms in total. The van der Waals surface area contributed by atoms with Gasteiger partial charge < -0.3 is 15.1 Å². The van der Waals surface area contributed by atoms with Gasteiger partial charge in [0.15, 0.2) is 0 Å². The van der Waals surface area contributed by atoms with Crippen LogP contribution in [0.3, 0.4) is 0 Å². The number of carbonyl (C=O) groups excluding carboxylic acids is 1. The van der Waals surface area contributed by atoms with E-state index in [1.807, 2.05) is 30.3 Å². The van der Waals surface area contributed by atoms with Gasteiger partial charge in [0, 0.05) is 13.1 Å². The number of aliphatic hydroxyl groups is 2. The van der Waals surface area contributed by atoms with Gasteiger partial charge in [-0.1, -0.05) is 30.3 Å². The minimum atomic E-state index is -1.03. The summed E-state index contributed by atoms with van der Waals surface area (Å²) in [7, 11) is 0. The third kappa shape index (κ3) is 3.64. The third-order valence-electron chi connectivity index (χ3n) is 2.26. The Morgan fingerprint density at radius 1 is 1.38 bits per heavy atom. The molecule has 2 N–H and O–H groups in total. The highest BCUT2D eigenvalue weighted by molar-refractivity contribution is 5.80. The Bertz CT molecular complexity index is 324. The molecule has 1 aromatic carbocycles. The fourth-order valence-corrected chi connectivity index (χ4v) is 1.46. The summed E-state index contributed by atoms with van der Waals surface area (Å²) in [5.74, 6) is -0.363. The first kappa shape index (κ1) is 12.7. The van der Waals surface area contributed by atoms with Crippen molar-refractivity contribution in [2.75, 3.05) is 13.2 Å². The van der Waals surface area contributed by atoms with Gasteiger partial charge in [0.05, 0.1) is 6.61 Å². The first-order chi connectivity index (χ1) is 7.65. The quantitative estimate of drug-likeness (QED) is 0.759. The molecule has 1 atom stereocenters. The minimum absolute atomic E-state index is 0.106. The molecule has 0 saturated carbocycles. The summed E-state index contributed by atoms with van der Waals surface area (Å²) in [6.45, 7) is 1.97. The maximum Gasteiger partial charge on any atom is 0.251 e. The van der Waals surface area contributed by atoms with Crippen molar-refractivity contribution in [2.24, 2.45) is 0 Å². The van der Waals surface area contributed by atoms with Crippen molar-refractivity contribution in [3.8, 4) is 0 Å². The van der Waals surface area contributed by atoms with Crippen LogP contribution in [0.2, 0.25) is 0 Å². The molecule has 0 fully saturated rings. The maximum atomic E-state index is 11.6. The van der Waals surface area contributed by atoms with Crippen LogP contribution in [-0.2, 0) is 11.3 Å². The van der Waals surface area contributed by atoms with Crippen LogP contribution in [0.4, 0.5) is 0 Å². The highest BCUT2D eigenvalue weighted by Crippen LogP contribution is 2.05. The molecule has 0 aliphatic carbocycles. The van der Waals surface area contributed by atoms with Crippen molar-refractivity contribution >= 4 is 5.91 Å². The van der Waals surface area contributed by atoms with Crippen molar-refractivity contribution < 1.29 is 15.0 Å². The lowest BCUT2D eigenvalue weighted by atomic mass is 10.2. The Morgan fingerprint density at radius 2 is 2.00 bits per heavy atom. The molecule has 88 valence electrons. The van der Waals surface area contributed by atoms with Crippen molar-refractivity contribution in [2.45, 2.75) is 19.6 Å². The molecular formula is C12H17NO3. The van der Waals surface area contributed by atoms with Crippen LogP contribution in [0.5, 0.6) is 0 Å². The van der Waals surface area contributed by atoms with E-state index >= 15 is 0 Å². The minimum Gasteiger partial charge on any atom is -0.395 e. The van der Waals surface area contributed by atoms with Gasteiger partial charge in [0.25, 0.3) is 5.91 Å². The standard InChI is InChI=1S/C12H17NO3/c1-10(15)12(16)13(7-8-14)9-11-5-3-2-4-6-11/h2-6,10,14-15H,7-9H2,1H3. The van der Waals surface area contributed by atoms with Gasteiger partial charge in [-0.3, -0.25) is 4.79 Å². The second kappa shape index (κ2) is 6.25. The number of nitrogens with zero attached hydrogens (tertiary/aromatic N) is 1. The number of amides is 1. The summed E-state index contributed by atoms with van der Waals surface area (Å²) < 4.78 is 0. The first-order valence-corrected chi connectivity index (χ1v) is 5.26. The van der Waals surface area contributed by atoms with Crippen molar-refractivity contribution in [3.05, 3.63) is 35.9 Å². The molecule has 0 aliphatic heterocycles. The van der Waals surface area contributed by atoms with Crippen LogP contribution in [0.1, 0.15) is 12.5 Å². The molecule has 0 radical (unpaired) electrons. The Labute approximate surface area is 95.1 Å². The Kier molecular flexibility index (Phi) is 4.95. The predicted molar refractivity (Wildman–Crippen MR) is 60.6 cm³/mol. The number of carbonyl (C=O) groups is 1. The van der Waals surface area contributed by atoms with Gasteiger partial charge in [-0.25, -0.2) is 0 Å². The molecule has 0 aliphatic rings. The van der Waals surface area contributed by atoms with Crippen molar-refractivity contribution in [1.29, 1.82) is 0 Å². The van der Waals surface area contributed by atoms with E-state index in [0.29, 0.717) is 6.54 Å². The highest BCUT2D eigenvalue weighted by Gasteiger charge is 2.17. The molecule has 0 spiro atoms. The van der Waals surface area contributed by atoms with E-state index in [-0.39, 0.29) is 19.1 Å². The van der Waals surface area contributed by atoms with Crippen LogP contribution in [-0.4, -0.2) is 40.3 Å². The number of hydrogen-bond donors (Lipinski definition) is 2. The summed E-state index contributed by atoms with van der Waals surface area (Å²) in [5, 5.41) is 18.1. The fourth-order valence-electron chi connectivity index (χ4n) is 1.46. The van der Waals surface area contributed by atoms with Gasteiger partial charge in [0.2, 0.25) is 0 Å². The van der Waals surface area contributed by atoms with Gasteiger partial charge in [0.1, 0.15) is 6.10 Å². The molecule has 0 aromatic heterocycles. The molecule has 0 saturated heterocycles. The summed E-state index contributed by atoms with van der Waals surface area (Å²) in [5.41, 5.74) is 0.977. The summed E-state index contributed by atoms with van der Waals surface area (Å²) in [6, 6.07) is 9.48. The molecule has 1 rings (SSSR count). The van der Waals surface area contributed by atoms with E-state index in [9.17, 15) is 9.90 Å². The zero-order chi connectivity index (χ0) is 12.0. The molecule has 1 unspecified atom stereocenters. The largest absolute Gasteiger partial charge is 0.395 e. The lowest BCUT2D eigenvalue weighted by Crippen LogP contribution is -2.39. The number of aliphatic hydroxyl groups excluding tert-OH is 2. The van der Waals surface area contributed by atoms with E-state index < -0.39 is 6.10 Å². The molecule has 1 aromatic rings. The molecule has 0 bridgehead atoms. The smallest absolute Gasteiger partial charge is 0.251 e. The average molecular weight is 223 g/mol. The number of hydrogen-bond acceptors (Lipinski definition) is 3. The maximum absolute atomic E-state index is 11.6. The zero-order valence-corrected chi connectivity index (χ0v) is 9.34. The molecule has 1 amide bonds. The summed E-state index contributed by atoms with van der Waals surface area (Å²) in [4.78, 5) is 13.0. The second-order valence-corrected chi connectivity index (χ2v) is 3.64. The SMILES string of the molecule is CC(O)C(=O)N(CCO)Cc1ccccc1. The van der Waals surface area contributed by atoms with Gasteiger partial charge >= 0.3 is 0 Å². The lowest BCUT2D eigenvalue weighted by Gasteiger charge is -2.23. The van der Waals surface area contributed by atoms with Gasteiger partial charge in [-0.05, 0) is 12.5 Å². The van der Waals surface area contributed by atoms with Gasteiger partial charge in [-0.2, -0.15) is 0 Å². The van der Waals surface area contributed by atoms with E-state index in [4.69, 9.17) is 5.11 Å². The second-order valence-electron chi connectivity index (χ2n) is 3.64. The molecule has 16 heavy (non-hydrogen) atoms. The predicted octanol–water partition coefficient (Wildman–Crippen LogP) is 0.388. The highest BCUT2D eigenvalue weighted by atomic mass is 16.3. The Morgan fingerprint density at radius 3 is 2.50 bits per heavy atom. The lowest BCUT2D eigenvalue weighted by molar-refractivity contribution is -0.140. The van der Waals surface area contributed by atoms with Crippen LogP contribution in [0, 0.1) is 0 Å². The summed E-state index contributed by atoms with van der Waals surface area (Å²) >= 11 is 0. The van der Waals surface area contributed by atoms with E-state index in [2.05, 4.69) is 0 Å². The monoisotopic (exact) mass is 223 g/mol. The van der Waals surface area contributed by atoms with E-state index in [0.717, 1.165) is 5.56 Å². The Balaban J connectivity index is 2.68. The van der Waals surface area contributed by atoms with Crippen LogP contribution < -0.4 is 0 Å². The van der Waals surface area contributed by atoms with Crippen LogP contribution >= 0.6 is 0 Å². The van der Waals surface area contributed by atoms with E-state index in [1.54, 1.807) is 0 Å². The first-order valence-electron chi connectivity index (χ1n) is 5.26. The van der Waals surface area contributed by atoms with Crippen LogP contribution in [0.25, 0.3) is 0 Å². The van der Waals surface area contributed by atoms with Crippen molar-refractivity contribution in [3.63, 3.8) is 0 Å². The molecule has 0 heterocycles. The molecular weight excluding hydrogens is 206 g/mol. The number of benzene rings is 1. The van der Waals surface area contributed by atoms with Crippen LogP contribution in [0.15, 0.2) is 30.3 Å². The van der Waals surface area contributed by atoms with E-state index in [1.165, 1.54) is 11.8 Å². The topological polar surface area (TPSA) is 60.8 Å². The van der Waals surface area contributed by atoms with Gasteiger partial charge in [-0.15, -0.1) is 0 Å². The normalized spacial score (nSPS) is 12.2. The van der Waals surface area contributed by atoms with Crippen molar-refractivity contribution in [1.82, 2.24) is 4.90 Å². The summed E-state index contributed by atoms with van der Waals surface area (Å²) in [6.07, 6.45) is -1.03. The third-order valence-corrected chi connectivity index (χ3v) is 2.26.